The minimum Gasteiger partial charge on any atom is -0.356 e. The summed E-state index contributed by atoms with van der Waals surface area (Å²) in [5.41, 5.74) is 4.16. The standard InChI is InChI=1S/C23H35N5/c1-18(2)22-9-7-19(8-10-22)6-5-12-25-23(24-3)28-13-11-20(17-28)14-21-15-26-27(4)16-21/h7-10,15-16,18,20H,5-6,11-14,17H2,1-4H3,(H,24,25). The van der Waals surface area contributed by atoms with Gasteiger partial charge in [0.25, 0.3) is 0 Å². The van der Waals surface area contributed by atoms with Gasteiger partial charge in [0, 0.05) is 39.9 Å². The van der Waals surface area contributed by atoms with Gasteiger partial charge in [0.05, 0.1) is 6.20 Å². The van der Waals surface area contributed by atoms with Gasteiger partial charge in [-0.2, -0.15) is 5.10 Å². The molecule has 1 saturated heterocycles. The first-order chi connectivity index (χ1) is 13.5. The van der Waals surface area contributed by atoms with Crippen molar-refractivity contribution in [3.05, 3.63) is 53.3 Å². The highest BCUT2D eigenvalue weighted by molar-refractivity contribution is 5.80. The van der Waals surface area contributed by atoms with Gasteiger partial charge in [-0.1, -0.05) is 38.1 Å². The van der Waals surface area contributed by atoms with E-state index in [-0.39, 0.29) is 0 Å². The maximum absolute atomic E-state index is 4.51. The van der Waals surface area contributed by atoms with Gasteiger partial charge in [-0.05, 0) is 54.2 Å². The van der Waals surface area contributed by atoms with Crippen LogP contribution in [0.15, 0.2) is 41.7 Å². The van der Waals surface area contributed by atoms with Gasteiger partial charge >= 0.3 is 0 Å². The molecule has 0 amide bonds. The van der Waals surface area contributed by atoms with Crippen LogP contribution in [0.1, 0.15) is 49.3 Å². The van der Waals surface area contributed by atoms with Crippen molar-refractivity contribution in [1.82, 2.24) is 20.0 Å². The van der Waals surface area contributed by atoms with Gasteiger partial charge in [-0.3, -0.25) is 9.67 Å². The number of nitrogens with zero attached hydrogens (tertiary/aromatic N) is 4. The lowest BCUT2D eigenvalue weighted by atomic mass is 10.0. The maximum atomic E-state index is 4.51. The van der Waals surface area contributed by atoms with Gasteiger partial charge in [-0.25, -0.2) is 0 Å². The third-order valence-electron chi connectivity index (χ3n) is 5.65. The first-order valence-electron chi connectivity index (χ1n) is 10.6. The molecule has 28 heavy (non-hydrogen) atoms. The van der Waals surface area contributed by atoms with Crippen LogP contribution in [0.3, 0.4) is 0 Å². The Morgan fingerprint density at radius 3 is 2.68 bits per heavy atom. The summed E-state index contributed by atoms with van der Waals surface area (Å²) in [5, 5.41) is 7.84. The van der Waals surface area contributed by atoms with E-state index in [0.29, 0.717) is 11.8 Å². The molecule has 0 saturated carbocycles. The lowest BCUT2D eigenvalue weighted by molar-refractivity contribution is 0.459. The summed E-state index contributed by atoms with van der Waals surface area (Å²) < 4.78 is 1.89. The second kappa shape index (κ2) is 9.76. The summed E-state index contributed by atoms with van der Waals surface area (Å²) in [4.78, 5) is 6.91. The van der Waals surface area contributed by atoms with E-state index in [0.717, 1.165) is 44.9 Å². The molecule has 1 unspecified atom stereocenters. The van der Waals surface area contributed by atoms with Crippen molar-refractivity contribution in [2.75, 3.05) is 26.7 Å². The number of guanidine groups is 1. The highest BCUT2D eigenvalue weighted by Gasteiger charge is 2.25. The zero-order valence-electron chi connectivity index (χ0n) is 17.9. The first kappa shape index (κ1) is 20.4. The highest BCUT2D eigenvalue weighted by atomic mass is 15.3. The van der Waals surface area contributed by atoms with Crippen LogP contribution in [0.25, 0.3) is 0 Å². The molecule has 0 spiro atoms. The van der Waals surface area contributed by atoms with Crippen molar-refractivity contribution in [2.45, 2.75) is 45.4 Å². The normalized spacial score (nSPS) is 17.5. The number of aliphatic imine (C=N–C) groups is 1. The van der Waals surface area contributed by atoms with E-state index in [1.807, 2.05) is 25.0 Å². The van der Waals surface area contributed by atoms with Crippen molar-refractivity contribution in [2.24, 2.45) is 18.0 Å². The van der Waals surface area contributed by atoms with Crippen molar-refractivity contribution in [3.8, 4) is 0 Å². The predicted octanol–water partition coefficient (Wildman–Crippen LogP) is 3.62. The van der Waals surface area contributed by atoms with E-state index >= 15 is 0 Å². The topological polar surface area (TPSA) is 45.5 Å². The number of hydrogen-bond donors (Lipinski definition) is 1. The fourth-order valence-corrected chi connectivity index (χ4v) is 4.00. The quantitative estimate of drug-likeness (QED) is 0.453. The molecule has 5 heteroatoms. The number of aromatic nitrogens is 2. The van der Waals surface area contributed by atoms with Crippen LogP contribution >= 0.6 is 0 Å². The molecule has 1 aromatic carbocycles. The Labute approximate surface area is 169 Å². The van der Waals surface area contributed by atoms with Gasteiger partial charge < -0.3 is 10.2 Å². The summed E-state index contributed by atoms with van der Waals surface area (Å²) in [7, 11) is 3.87. The molecular formula is C23H35N5. The Hall–Kier alpha value is -2.30. The molecule has 3 rings (SSSR count). The third kappa shape index (κ3) is 5.60. The van der Waals surface area contributed by atoms with E-state index in [9.17, 15) is 0 Å². The van der Waals surface area contributed by atoms with Crippen molar-refractivity contribution in [1.29, 1.82) is 0 Å². The maximum Gasteiger partial charge on any atom is 0.193 e. The molecule has 2 aromatic rings. The van der Waals surface area contributed by atoms with Crippen LogP contribution in [-0.2, 0) is 19.9 Å². The van der Waals surface area contributed by atoms with Gasteiger partial charge in [0.1, 0.15) is 0 Å². The Kier molecular flexibility index (Phi) is 7.12. The summed E-state index contributed by atoms with van der Waals surface area (Å²) in [6.07, 6.45) is 8.66. The number of likely N-dealkylation sites (tertiary alicyclic amines) is 1. The fourth-order valence-electron chi connectivity index (χ4n) is 4.00. The van der Waals surface area contributed by atoms with Crippen molar-refractivity contribution in [3.63, 3.8) is 0 Å². The Bertz CT molecular complexity index is 760. The average Bonchev–Trinajstić information content (AvgIpc) is 3.31. The number of benzene rings is 1. The molecule has 1 aliphatic heterocycles. The monoisotopic (exact) mass is 381 g/mol. The van der Waals surface area contributed by atoms with Crippen LogP contribution in [0.4, 0.5) is 0 Å². The molecule has 152 valence electrons. The smallest absolute Gasteiger partial charge is 0.193 e. The number of rotatable bonds is 7. The summed E-state index contributed by atoms with van der Waals surface area (Å²) >= 11 is 0. The molecule has 1 fully saturated rings. The zero-order valence-corrected chi connectivity index (χ0v) is 17.9. The molecule has 1 aliphatic rings. The Morgan fingerprint density at radius 1 is 1.25 bits per heavy atom. The second-order valence-corrected chi connectivity index (χ2v) is 8.30. The molecule has 0 bridgehead atoms. The largest absolute Gasteiger partial charge is 0.356 e. The molecule has 5 nitrogen and oxygen atoms in total. The molecule has 1 aromatic heterocycles. The van der Waals surface area contributed by atoms with Crippen LogP contribution in [-0.4, -0.2) is 47.3 Å². The van der Waals surface area contributed by atoms with Gasteiger partial charge in [0.2, 0.25) is 0 Å². The van der Waals surface area contributed by atoms with E-state index in [2.05, 4.69) is 64.6 Å². The van der Waals surface area contributed by atoms with E-state index in [1.54, 1.807) is 0 Å². The summed E-state index contributed by atoms with van der Waals surface area (Å²) in [5.74, 6) is 2.33. The lowest BCUT2D eigenvalue weighted by Gasteiger charge is -2.21. The van der Waals surface area contributed by atoms with E-state index in [1.165, 1.54) is 23.1 Å². The van der Waals surface area contributed by atoms with Gasteiger partial charge in [-0.15, -0.1) is 0 Å². The number of hydrogen-bond acceptors (Lipinski definition) is 2. The molecule has 1 N–H and O–H groups in total. The van der Waals surface area contributed by atoms with Crippen LogP contribution in [0.5, 0.6) is 0 Å². The average molecular weight is 382 g/mol. The fraction of sp³-hybridized carbons (Fsp3) is 0.565. The number of nitrogens with one attached hydrogen (secondary N) is 1. The summed E-state index contributed by atoms with van der Waals surface area (Å²) in [6, 6.07) is 9.07. The SMILES string of the molecule is CN=C(NCCCc1ccc(C(C)C)cc1)N1CCC(Cc2cnn(C)c2)C1. The molecule has 0 aliphatic carbocycles. The van der Waals surface area contributed by atoms with Gasteiger partial charge in [0.15, 0.2) is 5.96 Å². The first-order valence-corrected chi connectivity index (χ1v) is 10.6. The Morgan fingerprint density at radius 2 is 2.04 bits per heavy atom. The lowest BCUT2D eigenvalue weighted by Crippen LogP contribution is -2.40. The van der Waals surface area contributed by atoms with Crippen molar-refractivity contribution < 1.29 is 0 Å². The van der Waals surface area contributed by atoms with Crippen molar-refractivity contribution >= 4 is 5.96 Å². The minimum atomic E-state index is 0.599. The highest BCUT2D eigenvalue weighted by Crippen LogP contribution is 2.20. The van der Waals surface area contributed by atoms with E-state index < -0.39 is 0 Å². The van der Waals surface area contributed by atoms with E-state index in [4.69, 9.17) is 0 Å². The Balaban J connectivity index is 1.40. The molecule has 1 atom stereocenters. The summed E-state index contributed by atoms with van der Waals surface area (Å²) in [6.45, 7) is 7.60. The predicted molar refractivity (Wildman–Crippen MR) is 117 cm³/mol. The third-order valence-corrected chi connectivity index (χ3v) is 5.65. The van der Waals surface area contributed by atoms with Crippen LogP contribution in [0, 0.1) is 5.92 Å². The molecule has 2 heterocycles. The number of aryl methyl sites for hydroxylation is 2. The zero-order chi connectivity index (χ0) is 19.9. The second-order valence-electron chi connectivity index (χ2n) is 8.30. The molecule has 0 radical (unpaired) electrons. The minimum absolute atomic E-state index is 0.599. The van der Waals surface area contributed by atoms with Crippen LogP contribution in [0.2, 0.25) is 0 Å². The molecular weight excluding hydrogens is 346 g/mol. The van der Waals surface area contributed by atoms with Crippen LogP contribution < -0.4 is 5.32 Å².